The van der Waals surface area contributed by atoms with Gasteiger partial charge in [0.25, 0.3) is 0 Å². The quantitative estimate of drug-likeness (QED) is 0.805. The van der Waals surface area contributed by atoms with E-state index >= 15 is 0 Å². The van der Waals surface area contributed by atoms with E-state index in [1.165, 1.54) is 16.7 Å². The first-order valence-electron chi connectivity index (χ1n) is 5.52. The topological polar surface area (TPSA) is 29.5 Å². The molecule has 1 fully saturated rings. The molecule has 2 unspecified atom stereocenters. The summed E-state index contributed by atoms with van der Waals surface area (Å²) in [6, 6.07) is 6.41. The molecule has 0 bridgehead atoms. The Morgan fingerprint density at radius 1 is 1.33 bits per heavy atom. The zero-order valence-corrected chi connectivity index (χ0v) is 9.36. The smallest absolute Gasteiger partial charge is 0.0875 e. The van der Waals surface area contributed by atoms with Gasteiger partial charge in [-0.05, 0) is 37.0 Å². The molecule has 15 heavy (non-hydrogen) atoms. The van der Waals surface area contributed by atoms with Gasteiger partial charge in [-0.2, -0.15) is 0 Å². The molecular weight excluding hydrogens is 188 g/mol. The van der Waals surface area contributed by atoms with Crippen LogP contribution in [0.1, 0.15) is 29.2 Å². The van der Waals surface area contributed by atoms with Crippen molar-refractivity contribution in [3.05, 3.63) is 34.9 Å². The molecule has 0 radical (unpaired) electrons. The Balaban J connectivity index is 2.25. The van der Waals surface area contributed by atoms with E-state index in [1.807, 2.05) is 0 Å². The lowest BCUT2D eigenvalue weighted by Crippen LogP contribution is -2.11. The molecule has 2 nitrogen and oxygen atoms in total. The maximum atomic E-state index is 9.24. The third kappa shape index (κ3) is 2.06. The van der Waals surface area contributed by atoms with Crippen LogP contribution in [0.15, 0.2) is 18.2 Å². The second kappa shape index (κ2) is 4.33. The van der Waals surface area contributed by atoms with Crippen molar-refractivity contribution >= 4 is 0 Å². The first-order valence-corrected chi connectivity index (χ1v) is 5.52. The molecule has 1 heterocycles. The van der Waals surface area contributed by atoms with Crippen LogP contribution in [0.25, 0.3) is 0 Å². The lowest BCUT2D eigenvalue weighted by atomic mass is 9.94. The highest BCUT2D eigenvalue weighted by atomic mass is 16.5. The fourth-order valence-corrected chi connectivity index (χ4v) is 2.13. The molecule has 2 heteroatoms. The zero-order valence-electron chi connectivity index (χ0n) is 9.36. The normalized spacial score (nSPS) is 25.8. The first-order chi connectivity index (χ1) is 7.22. The number of rotatable bonds is 2. The molecule has 0 saturated carbocycles. The second-order valence-corrected chi connectivity index (χ2v) is 4.37. The third-order valence-corrected chi connectivity index (χ3v) is 3.31. The minimum Gasteiger partial charge on any atom is -0.396 e. The SMILES string of the molecule is Cc1ccc(C2OCCC2CO)cc1C. The van der Waals surface area contributed by atoms with E-state index in [4.69, 9.17) is 4.74 Å². The van der Waals surface area contributed by atoms with Gasteiger partial charge >= 0.3 is 0 Å². The molecule has 1 aliphatic rings. The van der Waals surface area contributed by atoms with Crippen molar-refractivity contribution in [2.75, 3.05) is 13.2 Å². The number of hydrogen-bond acceptors (Lipinski definition) is 2. The van der Waals surface area contributed by atoms with Crippen molar-refractivity contribution in [3.8, 4) is 0 Å². The summed E-state index contributed by atoms with van der Waals surface area (Å²) in [5.41, 5.74) is 3.80. The highest BCUT2D eigenvalue weighted by molar-refractivity contribution is 5.31. The van der Waals surface area contributed by atoms with E-state index in [0.717, 1.165) is 13.0 Å². The van der Waals surface area contributed by atoms with Gasteiger partial charge in [0.1, 0.15) is 0 Å². The Morgan fingerprint density at radius 2 is 2.13 bits per heavy atom. The predicted molar refractivity (Wildman–Crippen MR) is 59.8 cm³/mol. The molecule has 1 saturated heterocycles. The summed E-state index contributed by atoms with van der Waals surface area (Å²) in [5, 5.41) is 9.24. The predicted octanol–water partition coefficient (Wildman–Crippen LogP) is 2.37. The molecule has 1 aliphatic heterocycles. The van der Waals surface area contributed by atoms with Crippen LogP contribution in [-0.4, -0.2) is 18.3 Å². The largest absolute Gasteiger partial charge is 0.396 e. The lowest BCUT2D eigenvalue weighted by Gasteiger charge is -2.17. The Bertz CT molecular complexity index is 346. The van der Waals surface area contributed by atoms with Gasteiger partial charge in [-0.15, -0.1) is 0 Å². The maximum Gasteiger partial charge on any atom is 0.0875 e. The lowest BCUT2D eigenvalue weighted by molar-refractivity contribution is 0.0720. The number of benzene rings is 1. The van der Waals surface area contributed by atoms with E-state index in [-0.39, 0.29) is 18.6 Å². The summed E-state index contributed by atoms with van der Waals surface area (Å²) in [6.07, 6.45) is 1.06. The Hall–Kier alpha value is -0.860. The summed E-state index contributed by atoms with van der Waals surface area (Å²) in [4.78, 5) is 0. The van der Waals surface area contributed by atoms with Crippen LogP contribution in [-0.2, 0) is 4.74 Å². The fourth-order valence-electron chi connectivity index (χ4n) is 2.13. The second-order valence-electron chi connectivity index (χ2n) is 4.37. The van der Waals surface area contributed by atoms with E-state index in [1.54, 1.807) is 0 Å². The molecule has 2 atom stereocenters. The van der Waals surface area contributed by atoms with Crippen LogP contribution >= 0.6 is 0 Å². The van der Waals surface area contributed by atoms with E-state index in [0.29, 0.717) is 0 Å². The number of aliphatic hydroxyl groups is 1. The van der Waals surface area contributed by atoms with Crippen molar-refractivity contribution in [2.45, 2.75) is 26.4 Å². The minimum atomic E-state index is 0.0919. The van der Waals surface area contributed by atoms with Gasteiger partial charge in [-0.1, -0.05) is 18.2 Å². The first kappa shape index (κ1) is 10.7. The van der Waals surface area contributed by atoms with E-state index in [9.17, 15) is 5.11 Å². The summed E-state index contributed by atoms with van der Waals surface area (Å²) in [7, 11) is 0. The summed E-state index contributed by atoms with van der Waals surface area (Å²) in [6.45, 7) is 5.21. The summed E-state index contributed by atoms with van der Waals surface area (Å²) in [5.74, 6) is 0.270. The zero-order chi connectivity index (χ0) is 10.8. The van der Waals surface area contributed by atoms with Gasteiger partial charge < -0.3 is 9.84 Å². The molecular formula is C13H18O2. The molecule has 0 aromatic heterocycles. The van der Waals surface area contributed by atoms with Crippen LogP contribution in [0.3, 0.4) is 0 Å². The summed E-state index contributed by atoms with van der Waals surface area (Å²) < 4.78 is 5.68. The maximum absolute atomic E-state index is 9.24. The average Bonchev–Trinajstić information content (AvgIpc) is 2.70. The number of aryl methyl sites for hydroxylation is 2. The Morgan fingerprint density at radius 3 is 2.80 bits per heavy atom. The molecule has 1 aromatic rings. The number of hydrogen-bond donors (Lipinski definition) is 1. The van der Waals surface area contributed by atoms with Crippen molar-refractivity contribution in [3.63, 3.8) is 0 Å². The van der Waals surface area contributed by atoms with Gasteiger partial charge in [0.2, 0.25) is 0 Å². The monoisotopic (exact) mass is 206 g/mol. The Labute approximate surface area is 90.9 Å². The molecule has 0 amide bonds. The van der Waals surface area contributed by atoms with Crippen LogP contribution in [0.4, 0.5) is 0 Å². The van der Waals surface area contributed by atoms with Crippen LogP contribution in [0.5, 0.6) is 0 Å². The molecule has 1 N–H and O–H groups in total. The number of aliphatic hydroxyl groups excluding tert-OH is 1. The fraction of sp³-hybridized carbons (Fsp3) is 0.538. The van der Waals surface area contributed by atoms with E-state index < -0.39 is 0 Å². The van der Waals surface area contributed by atoms with Gasteiger partial charge in [0, 0.05) is 19.1 Å². The molecule has 0 spiro atoms. The van der Waals surface area contributed by atoms with Crippen molar-refractivity contribution in [2.24, 2.45) is 5.92 Å². The number of ether oxygens (including phenoxy) is 1. The minimum absolute atomic E-state index is 0.0919. The van der Waals surface area contributed by atoms with Gasteiger partial charge in [0.05, 0.1) is 6.10 Å². The van der Waals surface area contributed by atoms with Gasteiger partial charge in [-0.3, -0.25) is 0 Å². The molecule has 1 aromatic carbocycles. The van der Waals surface area contributed by atoms with Crippen LogP contribution in [0, 0.1) is 19.8 Å². The van der Waals surface area contributed by atoms with Crippen molar-refractivity contribution in [1.29, 1.82) is 0 Å². The molecule has 0 aliphatic carbocycles. The standard InChI is InChI=1S/C13H18O2/c1-9-3-4-11(7-10(9)2)13-12(8-14)5-6-15-13/h3-4,7,12-14H,5-6,8H2,1-2H3. The highest BCUT2D eigenvalue weighted by Crippen LogP contribution is 2.34. The molecule has 2 rings (SSSR count). The van der Waals surface area contributed by atoms with Gasteiger partial charge in [-0.25, -0.2) is 0 Å². The van der Waals surface area contributed by atoms with Crippen LogP contribution < -0.4 is 0 Å². The Kier molecular flexibility index (Phi) is 3.08. The van der Waals surface area contributed by atoms with E-state index in [2.05, 4.69) is 32.0 Å². The summed E-state index contributed by atoms with van der Waals surface area (Å²) >= 11 is 0. The van der Waals surface area contributed by atoms with Crippen LogP contribution in [0.2, 0.25) is 0 Å². The molecule has 82 valence electrons. The van der Waals surface area contributed by atoms with Gasteiger partial charge in [0.15, 0.2) is 0 Å². The van der Waals surface area contributed by atoms with Crippen molar-refractivity contribution < 1.29 is 9.84 Å². The highest BCUT2D eigenvalue weighted by Gasteiger charge is 2.28. The average molecular weight is 206 g/mol. The third-order valence-electron chi connectivity index (χ3n) is 3.31. The van der Waals surface area contributed by atoms with Crippen molar-refractivity contribution in [1.82, 2.24) is 0 Å².